The molecule has 1 aromatic carbocycles. The zero-order chi connectivity index (χ0) is 40.9. The van der Waals surface area contributed by atoms with E-state index in [-0.39, 0.29) is 16.1 Å². The molecule has 7 heteroatoms. The number of benzene rings is 1. The molecule has 1 aromatic rings. The molecule has 0 N–H and O–H groups in total. The van der Waals surface area contributed by atoms with E-state index in [1.165, 1.54) is 50.5 Å². The first-order valence-electron chi connectivity index (χ1n) is 21.7. The predicted molar refractivity (Wildman–Crippen MR) is 236 cm³/mol. The van der Waals surface area contributed by atoms with Crippen molar-refractivity contribution in [1.29, 1.82) is 0 Å². The standard InChI is InChI=1S/C27H43BNO2S.C8H18.C5H10O.C4H8O.C2H6/c1-8-11-19-16-21(17-19)29-23-18-20(28-31-25(4,5)26(6,7)32)12-13-22(23)27(14-9-2,15-10-3)24(29)30;1-5-7-8(3,4)6-2;1-3-5(2)4-6;1-2-4-5-3-1;1-2/h12-13,18-19,21,32H,8-11,14-17H2,1-7H3;5-7H2,1-4H3;4-5H,3H2,1-2H3;1-4H2;1-2H3. The van der Waals surface area contributed by atoms with E-state index in [0.717, 1.165) is 81.5 Å². The third kappa shape index (κ3) is 16.4. The van der Waals surface area contributed by atoms with Crippen LogP contribution in [0.5, 0.6) is 0 Å². The van der Waals surface area contributed by atoms with Gasteiger partial charge in [-0.05, 0) is 102 Å². The number of amides is 1. The maximum atomic E-state index is 14.0. The summed E-state index contributed by atoms with van der Waals surface area (Å²) < 4.78 is 10.9. The van der Waals surface area contributed by atoms with Gasteiger partial charge in [-0.25, -0.2) is 0 Å². The average Bonchev–Trinajstić information content (AvgIpc) is 3.77. The Balaban J connectivity index is 0.00000104. The fourth-order valence-electron chi connectivity index (χ4n) is 6.88. The molecule has 2 fully saturated rings. The fraction of sp³-hybridized carbons (Fsp3) is 0.826. The minimum absolute atomic E-state index is 0.255. The number of hydrogen-bond donors (Lipinski definition) is 1. The van der Waals surface area contributed by atoms with Gasteiger partial charge in [-0.1, -0.05) is 132 Å². The number of hydrogen-bond acceptors (Lipinski definition) is 5. The van der Waals surface area contributed by atoms with Crippen LogP contribution in [0.1, 0.15) is 199 Å². The van der Waals surface area contributed by atoms with Gasteiger partial charge in [0.25, 0.3) is 0 Å². The van der Waals surface area contributed by atoms with Crippen molar-refractivity contribution in [2.45, 2.75) is 216 Å². The van der Waals surface area contributed by atoms with Gasteiger partial charge in [0.15, 0.2) is 0 Å². The summed E-state index contributed by atoms with van der Waals surface area (Å²) >= 11 is 4.72. The van der Waals surface area contributed by atoms with Crippen LogP contribution in [0.15, 0.2) is 18.2 Å². The van der Waals surface area contributed by atoms with Crippen molar-refractivity contribution in [2.24, 2.45) is 17.3 Å². The van der Waals surface area contributed by atoms with Gasteiger partial charge in [0.05, 0.1) is 11.0 Å². The summed E-state index contributed by atoms with van der Waals surface area (Å²) in [6, 6.07) is 6.86. The number of rotatable bonds is 16. The Hall–Kier alpha value is -1.31. The lowest BCUT2D eigenvalue weighted by Gasteiger charge is -2.42. The number of carbonyl (C=O) groups is 2. The highest BCUT2D eigenvalue weighted by Crippen LogP contribution is 2.51. The van der Waals surface area contributed by atoms with Gasteiger partial charge in [-0.3, -0.25) is 4.79 Å². The van der Waals surface area contributed by atoms with Crippen LogP contribution in [0.3, 0.4) is 0 Å². The van der Waals surface area contributed by atoms with Crippen LogP contribution in [0.2, 0.25) is 0 Å². The topological polar surface area (TPSA) is 55.8 Å². The highest BCUT2D eigenvalue weighted by Gasteiger charge is 2.53. The van der Waals surface area contributed by atoms with Crippen molar-refractivity contribution in [3.05, 3.63) is 23.8 Å². The summed E-state index contributed by atoms with van der Waals surface area (Å²) in [5.41, 5.74) is 3.18. The van der Waals surface area contributed by atoms with Crippen LogP contribution < -0.4 is 10.4 Å². The number of anilines is 1. The molecule has 1 amide bonds. The number of ether oxygens (including phenoxy) is 1. The molecule has 1 saturated heterocycles. The third-order valence-electron chi connectivity index (χ3n) is 11.6. The first kappa shape index (κ1) is 51.7. The monoisotopic (exact) mass is 759 g/mol. The fourth-order valence-corrected chi connectivity index (χ4v) is 6.93. The van der Waals surface area contributed by atoms with Crippen molar-refractivity contribution in [3.63, 3.8) is 0 Å². The van der Waals surface area contributed by atoms with Crippen LogP contribution in [0, 0.1) is 17.3 Å². The van der Waals surface area contributed by atoms with E-state index in [1.54, 1.807) is 0 Å². The number of aldehydes is 1. The Morgan fingerprint density at radius 1 is 0.943 bits per heavy atom. The molecule has 5 nitrogen and oxygen atoms in total. The summed E-state index contributed by atoms with van der Waals surface area (Å²) in [6.45, 7) is 34.0. The second-order valence-electron chi connectivity index (χ2n) is 17.2. The van der Waals surface area contributed by atoms with Gasteiger partial charge >= 0.3 is 7.48 Å². The average molecular weight is 759 g/mol. The van der Waals surface area contributed by atoms with E-state index in [1.807, 2.05) is 35.2 Å². The lowest BCUT2D eigenvalue weighted by Crippen LogP contribution is -2.50. The maximum Gasteiger partial charge on any atom is 0.330 e. The van der Waals surface area contributed by atoms with Crippen LogP contribution in [0.25, 0.3) is 0 Å². The minimum atomic E-state index is -0.417. The lowest BCUT2D eigenvalue weighted by molar-refractivity contribution is -0.124. The van der Waals surface area contributed by atoms with Crippen LogP contribution >= 0.6 is 12.6 Å². The first-order valence-corrected chi connectivity index (χ1v) is 22.1. The second-order valence-corrected chi connectivity index (χ2v) is 18.3. The van der Waals surface area contributed by atoms with E-state index in [9.17, 15) is 9.59 Å². The Morgan fingerprint density at radius 3 is 1.87 bits per heavy atom. The van der Waals surface area contributed by atoms with E-state index >= 15 is 0 Å². The van der Waals surface area contributed by atoms with Gasteiger partial charge in [-0.15, -0.1) is 0 Å². The Morgan fingerprint density at radius 2 is 1.51 bits per heavy atom. The van der Waals surface area contributed by atoms with Crippen LogP contribution in [0.4, 0.5) is 5.69 Å². The normalized spacial score (nSPS) is 19.4. The third-order valence-corrected chi connectivity index (χ3v) is 12.1. The highest BCUT2D eigenvalue weighted by atomic mass is 32.1. The molecule has 1 aliphatic carbocycles. The van der Waals surface area contributed by atoms with Gasteiger partial charge < -0.3 is 19.1 Å². The van der Waals surface area contributed by atoms with Crippen LogP contribution in [-0.2, 0) is 24.4 Å². The summed E-state index contributed by atoms with van der Waals surface area (Å²) in [7, 11) is 1.85. The number of carbonyl (C=O) groups excluding carboxylic acids is 2. The molecule has 1 atom stereocenters. The van der Waals surface area contributed by atoms with Crippen molar-refractivity contribution in [2.75, 3.05) is 18.1 Å². The molecule has 2 heterocycles. The zero-order valence-electron chi connectivity index (χ0n) is 37.5. The summed E-state index contributed by atoms with van der Waals surface area (Å²) in [5.74, 6) is 1.36. The van der Waals surface area contributed by atoms with Crippen molar-refractivity contribution in [3.8, 4) is 0 Å². The Kier molecular flexibility index (Phi) is 25.1. The molecule has 1 saturated carbocycles. The minimum Gasteiger partial charge on any atom is -0.428 e. The number of fused-ring (bicyclic) bond motifs is 1. The molecule has 4 rings (SSSR count). The SMILES string of the molecule is C1CCOC1.CC.CCC(C)C=O.CCCC(C)(C)CC.CCCC1CC(N2C(=O)C(CCC)(CCC)c3ccc([B]OC(C)(C)C(C)(C)S)cc32)C1. The molecular weight excluding hydrogens is 673 g/mol. The largest absolute Gasteiger partial charge is 0.428 e. The molecule has 1 radical (unpaired) electrons. The van der Waals surface area contributed by atoms with Crippen molar-refractivity contribution < 1.29 is 19.0 Å². The van der Waals surface area contributed by atoms with Crippen LogP contribution in [-0.4, -0.2) is 49.3 Å². The molecule has 1 unspecified atom stereocenters. The van der Waals surface area contributed by atoms with Gasteiger partial charge in [-0.2, -0.15) is 12.6 Å². The second kappa shape index (κ2) is 25.8. The van der Waals surface area contributed by atoms with Crippen molar-refractivity contribution in [1.82, 2.24) is 0 Å². The van der Waals surface area contributed by atoms with E-state index in [2.05, 4.69) is 99.3 Å². The molecule has 0 bridgehead atoms. The Bertz CT molecular complexity index is 1120. The van der Waals surface area contributed by atoms with E-state index < -0.39 is 5.60 Å². The first-order chi connectivity index (χ1) is 24.9. The molecule has 0 aromatic heterocycles. The highest BCUT2D eigenvalue weighted by molar-refractivity contribution is 7.81. The van der Waals surface area contributed by atoms with Gasteiger partial charge in [0.1, 0.15) is 6.29 Å². The molecular formula is C46H85BNO4S. The Labute approximate surface area is 336 Å². The molecule has 307 valence electrons. The number of nitrogens with zero attached hydrogens (tertiary/aromatic N) is 1. The smallest absolute Gasteiger partial charge is 0.330 e. The maximum absolute atomic E-state index is 14.0. The molecule has 2 aliphatic heterocycles. The number of thiol groups is 1. The van der Waals surface area contributed by atoms with E-state index in [0.29, 0.717) is 17.4 Å². The lowest BCUT2D eigenvalue weighted by atomic mass is 9.73. The zero-order valence-corrected chi connectivity index (χ0v) is 38.4. The van der Waals surface area contributed by atoms with E-state index in [4.69, 9.17) is 22.0 Å². The summed E-state index contributed by atoms with van der Waals surface area (Å²) in [5, 5.41) is 0. The van der Waals surface area contributed by atoms with Gasteiger partial charge in [0, 0.05) is 35.6 Å². The summed E-state index contributed by atoms with van der Waals surface area (Å²) in [6.07, 6.45) is 17.1. The van der Waals surface area contributed by atoms with Gasteiger partial charge in [0.2, 0.25) is 5.91 Å². The predicted octanol–water partition coefficient (Wildman–Crippen LogP) is 12.5. The quantitative estimate of drug-likeness (QED) is 0.104. The van der Waals surface area contributed by atoms with Crippen molar-refractivity contribution >= 4 is 43.5 Å². The summed E-state index contributed by atoms with van der Waals surface area (Å²) in [4.78, 5) is 25.9. The molecule has 3 aliphatic rings. The molecule has 0 spiro atoms. The molecule has 53 heavy (non-hydrogen) atoms.